The lowest BCUT2D eigenvalue weighted by Gasteiger charge is -2.15. The Morgan fingerprint density at radius 3 is 3.00 bits per heavy atom. The highest BCUT2D eigenvalue weighted by molar-refractivity contribution is 5.48. The second kappa shape index (κ2) is 6.15. The SMILES string of the molecule is CCCCC(C)Nc1nc[nH]c(=O)c1OC. The number of nitrogens with zero attached hydrogens (tertiary/aromatic N) is 1. The van der Waals surface area contributed by atoms with Gasteiger partial charge in [-0.15, -0.1) is 0 Å². The van der Waals surface area contributed by atoms with Gasteiger partial charge in [-0.2, -0.15) is 0 Å². The minimum absolute atomic E-state index is 0.242. The summed E-state index contributed by atoms with van der Waals surface area (Å²) in [5.41, 5.74) is -0.261. The van der Waals surface area contributed by atoms with Gasteiger partial charge in [-0.3, -0.25) is 4.79 Å². The van der Waals surface area contributed by atoms with Crippen molar-refractivity contribution in [3.63, 3.8) is 0 Å². The molecule has 0 aliphatic carbocycles. The molecule has 1 unspecified atom stereocenters. The van der Waals surface area contributed by atoms with E-state index in [1.165, 1.54) is 13.4 Å². The van der Waals surface area contributed by atoms with Crippen LogP contribution in [-0.4, -0.2) is 23.1 Å². The molecule has 16 heavy (non-hydrogen) atoms. The first-order valence-electron chi connectivity index (χ1n) is 5.57. The zero-order chi connectivity index (χ0) is 12.0. The fraction of sp³-hybridized carbons (Fsp3) is 0.636. The Labute approximate surface area is 95.3 Å². The molecule has 0 aliphatic heterocycles. The number of anilines is 1. The quantitative estimate of drug-likeness (QED) is 0.774. The average molecular weight is 225 g/mol. The van der Waals surface area contributed by atoms with Crippen molar-refractivity contribution in [2.45, 2.75) is 39.2 Å². The van der Waals surface area contributed by atoms with E-state index in [0.717, 1.165) is 19.3 Å². The lowest BCUT2D eigenvalue weighted by Crippen LogP contribution is -2.20. The molecule has 0 saturated carbocycles. The van der Waals surface area contributed by atoms with E-state index in [-0.39, 0.29) is 17.4 Å². The largest absolute Gasteiger partial charge is 0.489 e. The maximum absolute atomic E-state index is 11.4. The van der Waals surface area contributed by atoms with Crippen molar-refractivity contribution in [3.05, 3.63) is 16.7 Å². The normalized spacial score (nSPS) is 12.2. The third-order valence-corrected chi connectivity index (χ3v) is 2.39. The van der Waals surface area contributed by atoms with Gasteiger partial charge in [-0.05, 0) is 13.3 Å². The smallest absolute Gasteiger partial charge is 0.295 e. The Morgan fingerprint density at radius 1 is 1.62 bits per heavy atom. The molecule has 0 fully saturated rings. The van der Waals surface area contributed by atoms with E-state index in [4.69, 9.17) is 4.74 Å². The van der Waals surface area contributed by atoms with Crippen molar-refractivity contribution in [2.75, 3.05) is 12.4 Å². The molecule has 1 atom stereocenters. The van der Waals surface area contributed by atoms with E-state index in [2.05, 4.69) is 29.1 Å². The van der Waals surface area contributed by atoms with Crippen LogP contribution in [0, 0.1) is 0 Å². The van der Waals surface area contributed by atoms with Crippen LogP contribution in [0.2, 0.25) is 0 Å². The van der Waals surface area contributed by atoms with Gasteiger partial charge in [-0.25, -0.2) is 4.98 Å². The van der Waals surface area contributed by atoms with Crippen LogP contribution in [0.5, 0.6) is 5.75 Å². The molecule has 2 N–H and O–H groups in total. The first-order valence-corrected chi connectivity index (χ1v) is 5.57. The molecule has 0 saturated heterocycles. The molecule has 1 heterocycles. The van der Waals surface area contributed by atoms with E-state index in [1.807, 2.05) is 0 Å². The maximum atomic E-state index is 11.4. The Balaban J connectivity index is 2.73. The van der Waals surface area contributed by atoms with Crippen molar-refractivity contribution in [1.82, 2.24) is 9.97 Å². The second-order valence-corrected chi connectivity index (χ2v) is 3.80. The molecule has 1 rings (SSSR count). The summed E-state index contributed by atoms with van der Waals surface area (Å²) in [4.78, 5) is 17.9. The van der Waals surface area contributed by atoms with Gasteiger partial charge in [0.2, 0.25) is 5.75 Å². The summed E-state index contributed by atoms with van der Waals surface area (Å²) >= 11 is 0. The highest BCUT2D eigenvalue weighted by atomic mass is 16.5. The molecular formula is C11H19N3O2. The molecule has 0 spiro atoms. The molecule has 5 nitrogen and oxygen atoms in total. The monoisotopic (exact) mass is 225 g/mol. The van der Waals surface area contributed by atoms with Gasteiger partial charge < -0.3 is 15.0 Å². The molecule has 5 heteroatoms. The Bertz CT molecular complexity index is 376. The van der Waals surface area contributed by atoms with Gasteiger partial charge in [0.15, 0.2) is 5.82 Å². The summed E-state index contributed by atoms with van der Waals surface area (Å²) in [5.74, 6) is 0.751. The zero-order valence-corrected chi connectivity index (χ0v) is 10.0. The number of methoxy groups -OCH3 is 1. The van der Waals surface area contributed by atoms with Crippen LogP contribution in [0.1, 0.15) is 33.1 Å². The number of unbranched alkanes of at least 4 members (excludes halogenated alkanes) is 1. The van der Waals surface area contributed by atoms with Crippen molar-refractivity contribution in [3.8, 4) is 5.75 Å². The summed E-state index contributed by atoms with van der Waals surface area (Å²) in [7, 11) is 1.47. The minimum atomic E-state index is -0.261. The van der Waals surface area contributed by atoms with E-state index in [9.17, 15) is 4.79 Å². The third-order valence-electron chi connectivity index (χ3n) is 2.39. The maximum Gasteiger partial charge on any atom is 0.295 e. The van der Waals surface area contributed by atoms with Crippen LogP contribution in [0.25, 0.3) is 0 Å². The number of ether oxygens (including phenoxy) is 1. The molecule has 0 aromatic carbocycles. The van der Waals surface area contributed by atoms with Crippen molar-refractivity contribution >= 4 is 5.82 Å². The summed E-state index contributed by atoms with van der Waals surface area (Å²) in [6.07, 6.45) is 4.74. The first kappa shape index (κ1) is 12.5. The van der Waals surface area contributed by atoms with Crippen molar-refractivity contribution < 1.29 is 4.74 Å². The number of rotatable bonds is 6. The first-order chi connectivity index (χ1) is 7.69. The van der Waals surface area contributed by atoms with Gasteiger partial charge in [0.25, 0.3) is 5.56 Å². The highest BCUT2D eigenvalue weighted by Gasteiger charge is 2.10. The molecule has 1 aromatic heterocycles. The lowest BCUT2D eigenvalue weighted by molar-refractivity contribution is 0.407. The Hall–Kier alpha value is -1.52. The number of aromatic amines is 1. The predicted octanol–water partition coefficient (Wildman–Crippen LogP) is 1.77. The van der Waals surface area contributed by atoms with Crippen molar-refractivity contribution in [1.29, 1.82) is 0 Å². The minimum Gasteiger partial charge on any atom is -0.489 e. The topological polar surface area (TPSA) is 67.0 Å². The van der Waals surface area contributed by atoms with Gasteiger partial charge in [0.05, 0.1) is 13.4 Å². The molecular weight excluding hydrogens is 206 g/mol. The van der Waals surface area contributed by atoms with Crippen LogP contribution in [0.15, 0.2) is 11.1 Å². The highest BCUT2D eigenvalue weighted by Crippen LogP contribution is 2.16. The fourth-order valence-electron chi connectivity index (χ4n) is 1.50. The summed E-state index contributed by atoms with van der Waals surface area (Å²) in [6, 6.07) is 0.281. The van der Waals surface area contributed by atoms with Crippen LogP contribution >= 0.6 is 0 Å². The third kappa shape index (κ3) is 3.25. The van der Waals surface area contributed by atoms with Crippen LogP contribution in [0.3, 0.4) is 0 Å². The lowest BCUT2D eigenvalue weighted by atomic mass is 10.1. The number of aromatic nitrogens is 2. The number of H-pyrrole nitrogens is 1. The molecule has 0 aliphatic rings. The summed E-state index contributed by atoms with van der Waals surface area (Å²) < 4.78 is 5.01. The predicted molar refractivity (Wildman–Crippen MR) is 64.0 cm³/mol. The van der Waals surface area contributed by atoms with Gasteiger partial charge >= 0.3 is 0 Å². The van der Waals surface area contributed by atoms with E-state index >= 15 is 0 Å². The van der Waals surface area contributed by atoms with Crippen molar-refractivity contribution in [2.24, 2.45) is 0 Å². The Kier molecular flexibility index (Phi) is 4.82. The summed E-state index contributed by atoms with van der Waals surface area (Å²) in [5, 5.41) is 3.18. The molecule has 1 aromatic rings. The zero-order valence-electron chi connectivity index (χ0n) is 10.0. The molecule has 90 valence electrons. The molecule has 0 radical (unpaired) electrons. The van der Waals surface area contributed by atoms with E-state index < -0.39 is 0 Å². The second-order valence-electron chi connectivity index (χ2n) is 3.80. The molecule has 0 bridgehead atoms. The summed E-state index contributed by atoms with van der Waals surface area (Å²) in [6.45, 7) is 4.22. The Morgan fingerprint density at radius 2 is 2.38 bits per heavy atom. The van der Waals surface area contributed by atoms with Gasteiger partial charge in [0, 0.05) is 6.04 Å². The molecule has 0 amide bonds. The standard InChI is InChI=1S/C11H19N3O2/c1-4-5-6-8(2)14-10-9(16-3)11(15)13-7-12-10/h7-8H,4-6H2,1-3H3,(H2,12,13,14,15). The number of hydrogen-bond donors (Lipinski definition) is 2. The average Bonchev–Trinajstić information content (AvgIpc) is 2.27. The van der Waals surface area contributed by atoms with Crippen LogP contribution in [-0.2, 0) is 0 Å². The van der Waals surface area contributed by atoms with Crippen LogP contribution in [0.4, 0.5) is 5.82 Å². The van der Waals surface area contributed by atoms with Gasteiger partial charge in [-0.1, -0.05) is 19.8 Å². The van der Waals surface area contributed by atoms with E-state index in [1.54, 1.807) is 0 Å². The fourth-order valence-corrected chi connectivity index (χ4v) is 1.50. The van der Waals surface area contributed by atoms with Crippen LogP contribution < -0.4 is 15.6 Å². The van der Waals surface area contributed by atoms with Gasteiger partial charge in [0.1, 0.15) is 0 Å². The number of nitrogens with one attached hydrogen (secondary N) is 2. The van der Waals surface area contributed by atoms with E-state index in [0.29, 0.717) is 5.82 Å². The number of hydrogen-bond acceptors (Lipinski definition) is 4.